The normalized spacial score (nSPS) is 17.0. The van der Waals surface area contributed by atoms with Gasteiger partial charge in [-0.05, 0) is 31.9 Å². The van der Waals surface area contributed by atoms with Crippen LogP contribution < -0.4 is 19.1 Å². The molecule has 1 aliphatic heterocycles. The fourth-order valence-corrected chi connectivity index (χ4v) is 4.16. The van der Waals surface area contributed by atoms with Crippen LogP contribution in [0.25, 0.3) is 5.57 Å². The molecule has 0 saturated carbocycles. The Hall–Kier alpha value is -2.22. The number of fused-ring (bicyclic) bond motifs is 1. The molecule has 7 nitrogen and oxygen atoms in total. The molecule has 1 aromatic carbocycles. The molecule has 1 N–H and O–H groups in total. The average Bonchev–Trinajstić information content (AvgIpc) is 2.58. The number of anilines is 1. The van der Waals surface area contributed by atoms with E-state index in [-0.39, 0.29) is 10.9 Å². The fourth-order valence-electron chi connectivity index (χ4n) is 2.69. The summed E-state index contributed by atoms with van der Waals surface area (Å²) in [6, 6.07) is 3.16. The van der Waals surface area contributed by atoms with Gasteiger partial charge in [0.15, 0.2) is 16.4 Å². The molecule has 0 aromatic heterocycles. The van der Waals surface area contributed by atoms with E-state index in [1.165, 1.54) is 21.3 Å². The Morgan fingerprint density at radius 1 is 1.24 bits per heavy atom. The number of methoxy groups -OCH3 is 2. The summed E-state index contributed by atoms with van der Waals surface area (Å²) in [6.07, 6.45) is 0.704. The van der Waals surface area contributed by atoms with Gasteiger partial charge in [-0.25, -0.2) is 8.42 Å². The van der Waals surface area contributed by atoms with E-state index in [4.69, 9.17) is 9.47 Å². The van der Waals surface area contributed by atoms with E-state index in [0.29, 0.717) is 34.7 Å². The van der Waals surface area contributed by atoms with Gasteiger partial charge in [-0.3, -0.25) is 9.10 Å². The molecule has 0 bridgehead atoms. The maximum atomic E-state index is 12.9. The number of allylic oxidation sites excluding steroid dienone is 1. The molecule has 25 heavy (non-hydrogen) atoms. The predicted molar refractivity (Wildman–Crippen MR) is 97.4 cm³/mol. The Bertz CT molecular complexity index is 830. The maximum absolute atomic E-state index is 12.9. The molecule has 2 rings (SSSR count). The second kappa shape index (κ2) is 6.95. The van der Waals surface area contributed by atoms with E-state index in [0.717, 1.165) is 4.31 Å². The first-order valence-corrected chi connectivity index (χ1v) is 9.40. The van der Waals surface area contributed by atoms with Crippen LogP contribution in [0.3, 0.4) is 0 Å². The van der Waals surface area contributed by atoms with Crippen LogP contribution in [0.15, 0.2) is 17.0 Å². The SMILES string of the molecule is CC[C@@H](C)NC(=O)C1=C(C)c2cc(OC)c(OC)cc2N(C)S1(=O)=O. The van der Waals surface area contributed by atoms with E-state index < -0.39 is 15.9 Å². The van der Waals surface area contributed by atoms with E-state index in [1.54, 1.807) is 19.1 Å². The van der Waals surface area contributed by atoms with Crippen molar-refractivity contribution < 1.29 is 22.7 Å². The van der Waals surface area contributed by atoms with Crippen LogP contribution in [-0.4, -0.2) is 41.6 Å². The van der Waals surface area contributed by atoms with Crippen molar-refractivity contribution in [3.63, 3.8) is 0 Å². The maximum Gasteiger partial charge on any atom is 0.269 e. The molecule has 1 atom stereocenters. The number of benzene rings is 1. The van der Waals surface area contributed by atoms with Gasteiger partial charge in [0.1, 0.15) is 0 Å². The summed E-state index contributed by atoms with van der Waals surface area (Å²) in [7, 11) is 0.446. The van der Waals surface area contributed by atoms with Gasteiger partial charge in [0.25, 0.3) is 15.9 Å². The minimum atomic E-state index is -3.96. The average molecular weight is 368 g/mol. The monoisotopic (exact) mass is 368 g/mol. The van der Waals surface area contributed by atoms with Crippen LogP contribution in [0.4, 0.5) is 5.69 Å². The zero-order valence-corrected chi connectivity index (χ0v) is 16.2. The lowest BCUT2D eigenvalue weighted by Crippen LogP contribution is -2.41. The van der Waals surface area contributed by atoms with Gasteiger partial charge >= 0.3 is 0 Å². The standard InChI is InChI=1S/C17H24N2O5S/c1-7-10(2)18-17(20)16-11(3)12-8-14(23-5)15(24-6)9-13(12)19(4)25(16,21)22/h8-10H,7H2,1-6H3,(H,18,20)/t10-/m1/s1. The predicted octanol–water partition coefficient (Wildman–Crippen LogP) is 2.13. The van der Waals surface area contributed by atoms with Crippen LogP contribution in [0.1, 0.15) is 32.8 Å². The molecule has 0 saturated heterocycles. The Labute approximate surface area is 148 Å². The second-order valence-corrected chi connectivity index (χ2v) is 7.84. The molecule has 0 unspecified atom stereocenters. The first-order valence-electron chi connectivity index (χ1n) is 7.96. The lowest BCUT2D eigenvalue weighted by molar-refractivity contribution is -0.117. The highest BCUT2D eigenvalue weighted by Crippen LogP contribution is 2.44. The molecular formula is C17H24N2O5S. The third-order valence-electron chi connectivity index (χ3n) is 4.40. The zero-order chi connectivity index (χ0) is 18.9. The van der Waals surface area contributed by atoms with Gasteiger partial charge < -0.3 is 14.8 Å². The molecule has 138 valence electrons. The Morgan fingerprint density at radius 3 is 2.32 bits per heavy atom. The highest BCUT2D eigenvalue weighted by molar-refractivity contribution is 7.97. The lowest BCUT2D eigenvalue weighted by atomic mass is 10.0. The third kappa shape index (κ3) is 3.18. The summed E-state index contributed by atoms with van der Waals surface area (Å²) in [6.45, 7) is 5.37. The first kappa shape index (κ1) is 19.1. The van der Waals surface area contributed by atoms with Crippen LogP contribution in [0.2, 0.25) is 0 Å². The number of hydrogen-bond acceptors (Lipinski definition) is 5. The summed E-state index contributed by atoms with van der Waals surface area (Å²) in [5.74, 6) is 0.290. The van der Waals surface area contributed by atoms with Gasteiger partial charge in [-0.2, -0.15) is 0 Å². The summed E-state index contributed by atoms with van der Waals surface area (Å²) in [5, 5.41) is 2.73. The smallest absolute Gasteiger partial charge is 0.269 e. The summed E-state index contributed by atoms with van der Waals surface area (Å²) >= 11 is 0. The molecule has 0 spiro atoms. The number of amides is 1. The second-order valence-electron chi connectivity index (χ2n) is 5.93. The number of rotatable bonds is 5. The molecule has 0 fully saturated rings. The molecule has 0 radical (unpaired) electrons. The molecule has 1 heterocycles. The molecule has 1 amide bonds. The van der Waals surface area contributed by atoms with Crippen molar-refractivity contribution in [2.45, 2.75) is 33.2 Å². The number of ether oxygens (including phenoxy) is 2. The Kier molecular flexibility index (Phi) is 5.31. The largest absolute Gasteiger partial charge is 0.493 e. The minimum Gasteiger partial charge on any atom is -0.493 e. The zero-order valence-electron chi connectivity index (χ0n) is 15.3. The summed E-state index contributed by atoms with van der Waals surface area (Å²) in [5.41, 5.74) is 1.44. The number of hydrogen-bond donors (Lipinski definition) is 1. The number of carbonyl (C=O) groups is 1. The van der Waals surface area contributed by atoms with Crippen LogP contribution >= 0.6 is 0 Å². The Morgan fingerprint density at radius 2 is 1.80 bits per heavy atom. The third-order valence-corrected chi connectivity index (χ3v) is 6.33. The van der Waals surface area contributed by atoms with Crippen molar-refractivity contribution in [1.29, 1.82) is 0 Å². The van der Waals surface area contributed by atoms with Gasteiger partial charge in [-0.15, -0.1) is 0 Å². The highest BCUT2D eigenvalue weighted by Gasteiger charge is 2.38. The molecular weight excluding hydrogens is 344 g/mol. The summed E-state index contributed by atoms with van der Waals surface area (Å²) in [4.78, 5) is 12.4. The van der Waals surface area contributed by atoms with Crippen LogP contribution in [-0.2, 0) is 14.8 Å². The number of carbonyl (C=O) groups excluding carboxylic acids is 1. The topological polar surface area (TPSA) is 84.9 Å². The molecule has 8 heteroatoms. The van der Waals surface area contributed by atoms with E-state index in [1.807, 2.05) is 13.8 Å². The highest BCUT2D eigenvalue weighted by atomic mass is 32.2. The molecule has 1 aliphatic rings. The minimum absolute atomic E-state index is 0.125. The van der Waals surface area contributed by atoms with Crippen LogP contribution in [0, 0.1) is 0 Å². The van der Waals surface area contributed by atoms with Crippen LogP contribution in [0.5, 0.6) is 11.5 Å². The van der Waals surface area contributed by atoms with E-state index >= 15 is 0 Å². The van der Waals surface area contributed by atoms with Crippen molar-refractivity contribution in [1.82, 2.24) is 5.32 Å². The van der Waals surface area contributed by atoms with Gasteiger partial charge in [0, 0.05) is 24.7 Å². The first-order chi connectivity index (χ1) is 11.7. The number of sulfonamides is 1. The van der Waals surface area contributed by atoms with E-state index in [9.17, 15) is 13.2 Å². The van der Waals surface area contributed by atoms with Crippen molar-refractivity contribution in [3.05, 3.63) is 22.6 Å². The summed E-state index contributed by atoms with van der Waals surface area (Å²) < 4.78 is 37.4. The van der Waals surface area contributed by atoms with Crippen molar-refractivity contribution in [3.8, 4) is 11.5 Å². The lowest BCUT2D eigenvalue weighted by Gasteiger charge is -2.30. The van der Waals surface area contributed by atoms with Gasteiger partial charge in [0.2, 0.25) is 0 Å². The molecule has 0 aliphatic carbocycles. The number of nitrogens with zero attached hydrogens (tertiary/aromatic N) is 1. The van der Waals surface area contributed by atoms with Crippen molar-refractivity contribution >= 4 is 27.2 Å². The van der Waals surface area contributed by atoms with Gasteiger partial charge in [0.05, 0.1) is 19.9 Å². The number of nitrogens with one attached hydrogen (secondary N) is 1. The van der Waals surface area contributed by atoms with Crippen molar-refractivity contribution in [2.24, 2.45) is 0 Å². The van der Waals surface area contributed by atoms with Crippen molar-refractivity contribution in [2.75, 3.05) is 25.6 Å². The molecule has 1 aromatic rings. The Balaban J connectivity index is 2.70. The van der Waals surface area contributed by atoms with Gasteiger partial charge in [-0.1, -0.05) is 6.92 Å². The van der Waals surface area contributed by atoms with E-state index in [2.05, 4.69) is 5.32 Å². The fraction of sp³-hybridized carbons (Fsp3) is 0.471. The quantitative estimate of drug-likeness (QED) is 0.861.